The molecule has 9 heteroatoms. The molecule has 2 aromatic rings. The lowest BCUT2D eigenvalue weighted by atomic mass is 10.2. The number of carbonyl (C=O) groups is 2. The Morgan fingerprint density at radius 3 is 2.48 bits per heavy atom. The summed E-state index contributed by atoms with van der Waals surface area (Å²) in [4.78, 5) is 37.7. The van der Waals surface area contributed by atoms with Crippen LogP contribution in [-0.2, 0) is 4.79 Å². The zero-order valence-corrected chi connectivity index (χ0v) is 14.4. The van der Waals surface area contributed by atoms with Crippen LogP contribution in [0.5, 0.6) is 5.75 Å². The second kappa shape index (κ2) is 7.40. The largest absolute Gasteiger partial charge is 0.485 e. The van der Waals surface area contributed by atoms with Gasteiger partial charge in [-0.3, -0.25) is 24.7 Å². The smallest absolute Gasteiger partial charge is 0.332 e. The molecule has 8 nitrogen and oxygen atoms in total. The molecule has 140 valence electrons. The maximum absolute atomic E-state index is 13.1. The van der Waals surface area contributed by atoms with Crippen LogP contribution < -0.4 is 9.64 Å². The summed E-state index contributed by atoms with van der Waals surface area (Å²) in [6, 6.07) is 9.82. The van der Waals surface area contributed by atoms with Gasteiger partial charge < -0.3 is 4.74 Å². The molecule has 1 atom stereocenters. The first-order valence-corrected chi connectivity index (χ1v) is 8.16. The molecule has 1 aliphatic rings. The van der Waals surface area contributed by atoms with Gasteiger partial charge in [0.1, 0.15) is 18.5 Å². The Morgan fingerprint density at radius 2 is 1.81 bits per heavy atom. The minimum atomic E-state index is -0.742. The number of imide groups is 1. The van der Waals surface area contributed by atoms with Crippen molar-refractivity contribution in [2.24, 2.45) is 0 Å². The Balaban J connectivity index is 1.69. The van der Waals surface area contributed by atoms with Gasteiger partial charge in [0, 0.05) is 11.8 Å². The minimum absolute atomic E-state index is 0.0602. The fourth-order valence-electron chi connectivity index (χ4n) is 2.84. The lowest BCUT2D eigenvalue weighted by Gasteiger charge is -2.19. The number of carbonyl (C=O) groups excluding carboxylic acids is 2. The number of para-hydroxylation sites is 2. The van der Waals surface area contributed by atoms with Gasteiger partial charge in [-0.05, 0) is 37.3 Å². The van der Waals surface area contributed by atoms with Crippen molar-refractivity contribution in [2.45, 2.75) is 13.0 Å². The number of amides is 3. The Bertz CT molecular complexity index is 887. The first-order valence-electron chi connectivity index (χ1n) is 8.16. The number of nitro groups is 1. The molecule has 0 aromatic heterocycles. The van der Waals surface area contributed by atoms with Crippen LogP contribution in [0.2, 0.25) is 0 Å². The van der Waals surface area contributed by atoms with Crippen LogP contribution >= 0.6 is 0 Å². The lowest BCUT2D eigenvalue weighted by Crippen LogP contribution is -2.36. The molecule has 1 aliphatic heterocycles. The highest BCUT2D eigenvalue weighted by Crippen LogP contribution is 2.27. The number of hydrogen-bond acceptors (Lipinski definition) is 5. The molecule has 1 heterocycles. The number of anilines is 1. The fourth-order valence-corrected chi connectivity index (χ4v) is 2.84. The van der Waals surface area contributed by atoms with Gasteiger partial charge in [0.25, 0.3) is 5.91 Å². The van der Waals surface area contributed by atoms with Crippen molar-refractivity contribution >= 4 is 23.3 Å². The number of nitro benzene ring substituents is 1. The van der Waals surface area contributed by atoms with Gasteiger partial charge in [-0.25, -0.2) is 9.18 Å². The monoisotopic (exact) mass is 373 g/mol. The molecular weight excluding hydrogens is 357 g/mol. The Labute approximate surface area is 153 Å². The zero-order valence-electron chi connectivity index (χ0n) is 14.4. The van der Waals surface area contributed by atoms with Crippen LogP contribution in [0.25, 0.3) is 0 Å². The maximum Gasteiger partial charge on any atom is 0.332 e. The van der Waals surface area contributed by atoms with E-state index in [2.05, 4.69) is 0 Å². The number of benzene rings is 2. The number of urea groups is 1. The van der Waals surface area contributed by atoms with E-state index in [0.29, 0.717) is 5.69 Å². The molecule has 0 spiro atoms. The van der Waals surface area contributed by atoms with E-state index >= 15 is 0 Å². The van der Waals surface area contributed by atoms with Crippen molar-refractivity contribution in [3.8, 4) is 5.75 Å². The van der Waals surface area contributed by atoms with Crippen molar-refractivity contribution in [2.75, 3.05) is 18.1 Å². The normalized spacial score (nSPS) is 16.7. The molecule has 3 amide bonds. The Kier molecular flexibility index (Phi) is 5.02. The molecule has 0 N–H and O–H groups in total. The molecular formula is C18H16FN3O5. The third-order valence-corrected chi connectivity index (χ3v) is 4.19. The minimum Gasteiger partial charge on any atom is -0.485 e. The summed E-state index contributed by atoms with van der Waals surface area (Å²) in [5, 5.41) is 11.0. The summed E-state index contributed by atoms with van der Waals surface area (Å²) in [5.74, 6) is -0.806. The molecule has 1 fully saturated rings. The second-order valence-corrected chi connectivity index (χ2v) is 5.87. The van der Waals surface area contributed by atoms with E-state index in [4.69, 9.17) is 4.74 Å². The molecule has 0 bridgehead atoms. The van der Waals surface area contributed by atoms with E-state index in [-0.39, 0.29) is 24.6 Å². The fraction of sp³-hybridized carbons (Fsp3) is 0.222. The topological polar surface area (TPSA) is 93.0 Å². The van der Waals surface area contributed by atoms with Gasteiger partial charge in [-0.15, -0.1) is 0 Å². The van der Waals surface area contributed by atoms with Gasteiger partial charge in [-0.1, -0.05) is 12.1 Å². The number of nitrogens with zero attached hydrogens (tertiary/aromatic N) is 3. The molecule has 1 saturated heterocycles. The number of rotatable bonds is 6. The third-order valence-electron chi connectivity index (χ3n) is 4.19. The highest BCUT2D eigenvalue weighted by atomic mass is 19.1. The first kappa shape index (κ1) is 18.3. The molecule has 0 unspecified atom stereocenters. The van der Waals surface area contributed by atoms with Crippen molar-refractivity contribution in [1.29, 1.82) is 0 Å². The molecule has 0 radical (unpaired) electrons. The van der Waals surface area contributed by atoms with Crippen molar-refractivity contribution in [3.05, 3.63) is 64.5 Å². The van der Waals surface area contributed by atoms with Crippen LogP contribution in [0.1, 0.15) is 6.92 Å². The number of hydrogen-bond donors (Lipinski definition) is 0. The quantitative estimate of drug-likeness (QED) is 0.441. The van der Waals surface area contributed by atoms with Crippen LogP contribution in [0, 0.1) is 15.9 Å². The maximum atomic E-state index is 13.1. The SMILES string of the molecule is C[C@@H]1C(=O)N(CCOc2ccccc2[N+](=O)[O-])C(=O)N1c1ccc(F)cc1. The summed E-state index contributed by atoms with van der Waals surface area (Å²) in [6.45, 7) is 1.42. The highest BCUT2D eigenvalue weighted by Gasteiger charge is 2.43. The van der Waals surface area contributed by atoms with Crippen molar-refractivity contribution in [3.63, 3.8) is 0 Å². The van der Waals surface area contributed by atoms with E-state index in [1.807, 2.05) is 0 Å². The van der Waals surface area contributed by atoms with Gasteiger partial charge >= 0.3 is 11.7 Å². The zero-order chi connectivity index (χ0) is 19.6. The van der Waals surface area contributed by atoms with Crippen LogP contribution in [0.3, 0.4) is 0 Å². The van der Waals surface area contributed by atoms with Crippen molar-refractivity contribution < 1.29 is 23.6 Å². The summed E-state index contributed by atoms with van der Waals surface area (Å²) in [5.41, 5.74) is 0.210. The molecule has 0 aliphatic carbocycles. The molecule has 27 heavy (non-hydrogen) atoms. The van der Waals surface area contributed by atoms with Gasteiger partial charge in [0.15, 0.2) is 5.75 Å². The summed E-state index contributed by atoms with van der Waals surface area (Å²) in [7, 11) is 0. The lowest BCUT2D eigenvalue weighted by molar-refractivity contribution is -0.385. The van der Waals surface area contributed by atoms with E-state index in [1.165, 1.54) is 47.4 Å². The summed E-state index contributed by atoms with van der Waals surface area (Å²) >= 11 is 0. The average molecular weight is 373 g/mol. The van der Waals surface area contributed by atoms with Gasteiger partial charge in [-0.2, -0.15) is 0 Å². The molecule has 0 saturated carbocycles. The molecule has 3 rings (SSSR count). The predicted octanol–water partition coefficient (Wildman–Crippen LogP) is 2.97. The van der Waals surface area contributed by atoms with Crippen LogP contribution in [0.15, 0.2) is 48.5 Å². The van der Waals surface area contributed by atoms with Gasteiger partial charge in [0.05, 0.1) is 11.5 Å². The average Bonchev–Trinajstić information content (AvgIpc) is 2.86. The number of halogens is 1. The standard InChI is InChI=1S/C18H16FN3O5/c1-12-17(23)20(18(24)21(12)14-8-6-13(19)7-9-14)10-11-27-16-5-3-2-4-15(16)22(25)26/h2-9,12H,10-11H2,1H3/t12-/m1/s1. The summed E-state index contributed by atoms with van der Waals surface area (Å²) in [6.07, 6.45) is 0. The second-order valence-electron chi connectivity index (χ2n) is 5.87. The van der Waals surface area contributed by atoms with E-state index in [0.717, 1.165) is 4.90 Å². The first-order chi connectivity index (χ1) is 12.9. The van der Waals surface area contributed by atoms with E-state index in [9.17, 15) is 24.1 Å². The summed E-state index contributed by atoms with van der Waals surface area (Å²) < 4.78 is 18.5. The van der Waals surface area contributed by atoms with E-state index in [1.54, 1.807) is 13.0 Å². The van der Waals surface area contributed by atoms with E-state index < -0.39 is 28.7 Å². The van der Waals surface area contributed by atoms with Crippen molar-refractivity contribution in [1.82, 2.24) is 4.90 Å². The third kappa shape index (κ3) is 3.57. The van der Waals surface area contributed by atoms with Gasteiger partial charge in [0.2, 0.25) is 0 Å². The molecule has 2 aromatic carbocycles. The predicted molar refractivity (Wildman–Crippen MR) is 94.0 cm³/mol. The highest BCUT2D eigenvalue weighted by molar-refractivity contribution is 6.14. The van der Waals surface area contributed by atoms with Crippen LogP contribution in [-0.4, -0.2) is 41.0 Å². The number of ether oxygens (including phenoxy) is 1. The Morgan fingerprint density at radius 1 is 1.15 bits per heavy atom. The Hall–Kier alpha value is -3.49. The van der Waals surface area contributed by atoms with Crippen LogP contribution in [0.4, 0.5) is 20.6 Å².